The van der Waals surface area contributed by atoms with Gasteiger partial charge in [-0.2, -0.15) is 4.31 Å². The van der Waals surface area contributed by atoms with Crippen LogP contribution in [-0.2, 0) is 45.0 Å². The molecular weight excluding hydrogens is 901 g/mol. The van der Waals surface area contributed by atoms with E-state index in [1.54, 1.807) is 21.5 Å². The first-order valence-electron chi connectivity index (χ1n) is 19.4. The molecule has 0 bridgehead atoms. The number of hydrogen-bond acceptors (Lipinski definition) is 7. The van der Waals surface area contributed by atoms with Gasteiger partial charge < -0.3 is 5.32 Å². The SMILES string of the molecule is Cl.O=S(=O)(Cl)c1cc(Cl)ccc1Cl.O=S(=O)(c1cc(Cl)ccc1Cl)N1CCC(CN2CCc3ccccc3C2)CC1.c1ccc2c(c1)CCN(CC1CCNCC1)C2. The van der Waals surface area contributed by atoms with Crippen LogP contribution in [0.3, 0.4) is 0 Å². The minimum atomic E-state index is -3.80. The van der Waals surface area contributed by atoms with Crippen molar-refractivity contribution >= 4 is 88.6 Å². The van der Waals surface area contributed by atoms with Gasteiger partial charge in [-0.25, -0.2) is 16.8 Å². The van der Waals surface area contributed by atoms with Crippen LogP contribution in [0.1, 0.15) is 47.9 Å². The second-order valence-corrected chi connectivity index (χ2v) is 21.3. The monoisotopic (exact) mass is 948 g/mol. The Morgan fingerprint density at radius 3 is 1.47 bits per heavy atom. The molecule has 58 heavy (non-hydrogen) atoms. The first-order valence-corrected chi connectivity index (χ1v) is 24.7. The molecule has 2 saturated heterocycles. The Kier molecular flexibility index (Phi) is 17.9. The molecule has 0 aliphatic carbocycles. The molecule has 4 aromatic rings. The van der Waals surface area contributed by atoms with E-state index in [0.29, 0.717) is 24.0 Å². The van der Waals surface area contributed by atoms with E-state index >= 15 is 0 Å². The molecule has 16 heteroatoms. The molecule has 0 radical (unpaired) electrons. The molecule has 316 valence electrons. The van der Waals surface area contributed by atoms with Crippen molar-refractivity contribution < 1.29 is 16.8 Å². The Morgan fingerprint density at radius 2 is 1.00 bits per heavy atom. The van der Waals surface area contributed by atoms with Crippen LogP contribution in [0.2, 0.25) is 20.1 Å². The summed E-state index contributed by atoms with van der Waals surface area (Å²) in [7, 11) is -2.34. The second kappa shape index (κ2) is 21.9. The quantitative estimate of drug-likeness (QED) is 0.185. The number of rotatable bonds is 7. The first kappa shape index (κ1) is 47.4. The van der Waals surface area contributed by atoms with Crippen LogP contribution in [-0.4, -0.2) is 83.3 Å². The van der Waals surface area contributed by atoms with Crippen molar-refractivity contribution in [1.29, 1.82) is 0 Å². The third-order valence-corrected chi connectivity index (χ3v) is 15.8. The van der Waals surface area contributed by atoms with Gasteiger partial charge in [0, 0.05) is 73.1 Å². The summed E-state index contributed by atoms with van der Waals surface area (Å²) in [6.07, 6.45) is 6.79. The predicted octanol–water partition coefficient (Wildman–Crippen LogP) is 9.84. The van der Waals surface area contributed by atoms with Crippen molar-refractivity contribution in [2.45, 2.75) is 61.4 Å². The van der Waals surface area contributed by atoms with Crippen molar-refractivity contribution in [3.63, 3.8) is 0 Å². The maximum Gasteiger partial charge on any atom is 0.262 e. The van der Waals surface area contributed by atoms with E-state index < -0.39 is 19.1 Å². The second-order valence-electron chi connectivity index (χ2n) is 15.1. The lowest BCUT2D eigenvalue weighted by Crippen LogP contribution is -2.42. The van der Waals surface area contributed by atoms with Crippen molar-refractivity contribution in [3.8, 4) is 0 Å². The Labute approximate surface area is 375 Å². The highest BCUT2D eigenvalue weighted by atomic mass is 35.7. The molecule has 4 aromatic carbocycles. The van der Waals surface area contributed by atoms with E-state index in [9.17, 15) is 16.8 Å². The summed E-state index contributed by atoms with van der Waals surface area (Å²) >= 11 is 23.2. The van der Waals surface area contributed by atoms with E-state index in [-0.39, 0.29) is 37.3 Å². The first-order chi connectivity index (χ1) is 27.3. The normalized spacial score (nSPS) is 18.4. The minimum absolute atomic E-state index is 0. The molecule has 4 aliphatic rings. The van der Waals surface area contributed by atoms with Gasteiger partial charge in [-0.05, 0) is 122 Å². The maximum atomic E-state index is 13.0. The average Bonchev–Trinajstić information content (AvgIpc) is 3.20. The fraction of sp³-hybridized carbons (Fsp3) is 0.429. The highest BCUT2D eigenvalue weighted by Gasteiger charge is 2.32. The highest BCUT2D eigenvalue weighted by Crippen LogP contribution is 2.32. The van der Waals surface area contributed by atoms with Gasteiger partial charge in [-0.15, -0.1) is 12.4 Å². The summed E-state index contributed by atoms with van der Waals surface area (Å²) < 4.78 is 49.1. The third kappa shape index (κ3) is 13.2. The lowest BCUT2D eigenvalue weighted by Gasteiger charge is -2.36. The maximum absolute atomic E-state index is 13.0. The molecule has 0 saturated carbocycles. The van der Waals surface area contributed by atoms with Crippen molar-refractivity contribution in [1.82, 2.24) is 19.4 Å². The van der Waals surface area contributed by atoms with Gasteiger partial charge in [-0.1, -0.05) is 94.9 Å². The minimum Gasteiger partial charge on any atom is -0.317 e. The summed E-state index contributed by atoms with van der Waals surface area (Å²) in [5, 5.41) is 4.39. The Hall–Kier alpha value is -1.64. The number of nitrogens with one attached hydrogen (secondary N) is 1. The van der Waals surface area contributed by atoms with E-state index in [0.717, 1.165) is 44.8 Å². The van der Waals surface area contributed by atoms with E-state index in [4.69, 9.17) is 57.1 Å². The van der Waals surface area contributed by atoms with Crippen LogP contribution in [0, 0.1) is 11.8 Å². The number of fused-ring (bicyclic) bond motifs is 2. The lowest BCUT2D eigenvalue weighted by molar-refractivity contribution is 0.171. The van der Waals surface area contributed by atoms with Gasteiger partial charge in [0.05, 0.1) is 10.0 Å². The molecule has 4 aliphatic heterocycles. The van der Waals surface area contributed by atoms with Crippen LogP contribution in [0.25, 0.3) is 0 Å². The van der Waals surface area contributed by atoms with E-state index in [1.165, 1.54) is 93.4 Å². The number of nitrogens with zero attached hydrogens (tertiary/aromatic N) is 3. The van der Waals surface area contributed by atoms with Gasteiger partial charge in [0.15, 0.2) is 0 Å². The Bertz CT molecular complexity index is 2200. The molecule has 4 heterocycles. The molecule has 0 aromatic heterocycles. The number of hydrogen-bond donors (Lipinski definition) is 1. The molecular formula is C42H50Cl6N4O4S2. The van der Waals surface area contributed by atoms with Gasteiger partial charge >= 0.3 is 0 Å². The zero-order valence-electron chi connectivity index (χ0n) is 32.1. The molecule has 1 N–H and O–H groups in total. The largest absolute Gasteiger partial charge is 0.317 e. The van der Waals surface area contributed by atoms with Crippen LogP contribution in [0.5, 0.6) is 0 Å². The third-order valence-electron chi connectivity index (χ3n) is 11.2. The van der Waals surface area contributed by atoms with Crippen molar-refractivity contribution in [2.75, 3.05) is 52.4 Å². The van der Waals surface area contributed by atoms with Gasteiger partial charge in [0.1, 0.15) is 9.79 Å². The van der Waals surface area contributed by atoms with Gasteiger partial charge in [0.2, 0.25) is 10.0 Å². The number of halogens is 6. The Morgan fingerprint density at radius 1 is 0.569 bits per heavy atom. The van der Waals surface area contributed by atoms with Crippen molar-refractivity contribution in [2.24, 2.45) is 11.8 Å². The fourth-order valence-electron chi connectivity index (χ4n) is 8.02. The lowest BCUT2D eigenvalue weighted by atomic mass is 9.94. The fourth-order valence-corrected chi connectivity index (χ4v) is 12.0. The van der Waals surface area contributed by atoms with Crippen LogP contribution in [0.15, 0.2) is 94.7 Å². The van der Waals surface area contributed by atoms with Crippen molar-refractivity contribution in [3.05, 3.63) is 127 Å². The highest BCUT2D eigenvalue weighted by molar-refractivity contribution is 8.13. The average molecular weight is 952 g/mol. The Balaban J connectivity index is 0.000000182. The van der Waals surface area contributed by atoms with Gasteiger partial charge in [0.25, 0.3) is 9.05 Å². The summed E-state index contributed by atoms with van der Waals surface area (Å²) in [5.41, 5.74) is 5.99. The van der Waals surface area contributed by atoms with Crippen LogP contribution < -0.4 is 5.32 Å². The zero-order chi connectivity index (χ0) is 40.6. The summed E-state index contributed by atoms with van der Waals surface area (Å²) in [5.74, 6) is 1.44. The standard InChI is InChI=1S/C21H24Cl2N2O2S.C15H22N2.C6H3Cl3O2S.ClH/c22-19-5-6-20(23)21(13-19)28(26,27)25-11-7-16(8-12-25)14-24-10-9-17-3-1-2-4-18(17)15-24;1-2-4-15-12-17(10-7-14(15)3-1)11-13-5-8-16-9-6-13;7-4-1-2-5(8)6(3-4)12(9,10)11;/h1-6,13,16H,7-12,14-15H2;1-4,13,16H,5-12H2;1-3H;1H. The number of sulfonamides is 1. The van der Waals surface area contributed by atoms with E-state index in [1.807, 2.05) is 0 Å². The molecule has 8 rings (SSSR count). The number of piperidine rings is 2. The van der Waals surface area contributed by atoms with Crippen LogP contribution >= 0.6 is 69.5 Å². The smallest absolute Gasteiger partial charge is 0.262 e. The topological polar surface area (TPSA) is 90.0 Å². The summed E-state index contributed by atoms with van der Waals surface area (Å²) in [4.78, 5) is 5.09. The number of benzene rings is 4. The zero-order valence-corrected chi connectivity index (χ0v) is 38.4. The summed E-state index contributed by atoms with van der Waals surface area (Å²) in [6, 6.07) is 26.2. The molecule has 0 unspecified atom stereocenters. The molecule has 2 fully saturated rings. The van der Waals surface area contributed by atoms with E-state index in [2.05, 4.69) is 63.6 Å². The summed E-state index contributed by atoms with van der Waals surface area (Å²) in [6.45, 7) is 10.3. The molecule has 0 atom stereocenters. The molecule has 8 nitrogen and oxygen atoms in total. The van der Waals surface area contributed by atoms with Crippen LogP contribution in [0.4, 0.5) is 0 Å². The molecule has 0 amide bonds. The predicted molar refractivity (Wildman–Crippen MR) is 241 cm³/mol. The molecule has 0 spiro atoms. The van der Waals surface area contributed by atoms with Gasteiger partial charge in [-0.3, -0.25) is 9.80 Å².